The number of rotatable bonds is 5. The highest BCUT2D eigenvalue weighted by Gasteiger charge is 2.06. The van der Waals surface area contributed by atoms with E-state index in [0.29, 0.717) is 13.1 Å². The molecule has 0 saturated heterocycles. The van der Waals surface area contributed by atoms with Gasteiger partial charge < -0.3 is 15.5 Å². The maximum atomic E-state index is 10.7. The van der Waals surface area contributed by atoms with Crippen molar-refractivity contribution in [1.82, 2.24) is 5.32 Å². The lowest BCUT2D eigenvalue weighted by atomic mass is 10.1. The number of carboxylic acids is 1. The number of carbonyl (C=O) groups is 1. The van der Waals surface area contributed by atoms with Crippen molar-refractivity contribution in [3.8, 4) is 0 Å². The van der Waals surface area contributed by atoms with Crippen LogP contribution in [0.3, 0.4) is 0 Å². The van der Waals surface area contributed by atoms with Gasteiger partial charge in [0.25, 0.3) is 0 Å². The lowest BCUT2D eigenvalue weighted by Gasteiger charge is -2.09. The number of aliphatic hydroxyl groups excluding tert-OH is 1. The summed E-state index contributed by atoms with van der Waals surface area (Å²) in [6.07, 6.45) is -0.392. The Morgan fingerprint density at radius 2 is 2.25 bits per heavy atom. The highest BCUT2D eigenvalue weighted by Crippen LogP contribution is 2.18. The molecule has 1 rings (SSSR count). The van der Waals surface area contributed by atoms with Crippen molar-refractivity contribution in [3.63, 3.8) is 0 Å². The van der Waals surface area contributed by atoms with Crippen LogP contribution in [0.5, 0.6) is 0 Å². The number of hydrogen-bond donors (Lipinski definition) is 3. The Kier molecular flexibility index (Phi) is 4.92. The van der Waals surface area contributed by atoms with Crippen LogP contribution < -0.4 is 5.32 Å². The average molecular weight is 288 g/mol. The molecule has 0 radical (unpaired) electrons. The smallest absolute Gasteiger partial charge is 0.335 e. The van der Waals surface area contributed by atoms with Crippen molar-refractivity contribution in [3.05, 3.63) is 33.8 Å². The number of carboxylic acid groups (broad SMARTS) is 1. The zero-order chi connectivity index (χ0) is 12.1. The average Bonchev–Trinajstić information content (AvgIpc) is 2.19. The first kappa shape index (κ1) is 13.2. The number of nitrogens with one attached hydrogen (secondary N) is 1. The van der Waals surface area contributed by atoms with Crippen LogP contribution >= 0.6 is 15.9 Å². The molecule has 3 N–H and O–H groups in total. The molecule has 1 atom stereocenters. The van der Waals surface area contributed by atoms with E-state index in [2.05, 4.69) is 21.2 Å². The van der Waals surface area contributed by atoms with Crippen LogP contribution in [0.1, 0.15) is 22.8 Å². The Morgan fingerprint density at radius 3 is 2.75 bits per heavy atom. The van der Waals surface area contributed by atoms with E-state index >= 15 is 0 Å². The lowest BCUT2D eigenvalue weighted by Crippen LogP contribution is -2.24. The lowest BCUT2D eigenvalue weighted by molar-refractivity contribution is 0.0697. The molecule has 0 aromatic heterocycles. The Hall–Kier alpha value is -0.910. The van der Waals surface area contributed by atoms with Crippen molar-refractivity contribution in [2.75, 3.05) is 6.54 Å². The molecule has 4 nitrogen and oxygen atoms in total. The molecule has 1 aromatic rings. The van der Waals surface area contributed by atoms with Gasteiger partial charge in [0.2, 0.25) is 0 Å². The molecule has 0 bridgehead atoms. The molecule has 0 fully saturated rings. The normalized spacial score (nSPS) is 12.4. The maximum absolute atomic E-state index is 10.7. The van der Waals surface area contributed by atoms with Crippen molar-refractivity contribution in [2.24, 2.45) is 0 Å². The number of halogens is 1. The number of aromatic carboxylic acids is 1. The maximum Gasteiger partial charge on any atom is 0.335 e. The highest BCUT2D eigenvalue weighted by atomic mass is 79.9. The molecule has 0 aliphatic rings. The van der Waals surface area contributed by atoms with Crippen molar-refractivity contribution >= 4 is 21.9 Å². The third-order valence-corrected chi connectivity index (χ3v) is 2.79. The second-order valence-electron chi connectivity index (χ2n) is 3.59. The van der Waals surface area contributed by atoms with Gasteiger partial charge in [-0.25, -0.2) is 4.79 Å². The first-order valence-corrected chi connectivity index (χ1v) is 5.70. The van der Waals surface area contributed by atoms with Gasteiger partial charge in [-0.1, -0.05) is 22.0 Å². The predicted octanol–water partition coefficient (Wildman–Crippen LogP) is 1.62. The summed E-state index contributed by atoms with van der Waals surface area (Å²) >= 11 is 3.32. The second kappa shape index (κ2) is 5.98. The monoisotopic (exact) mass is 287 g/mol. The standard InChI is InChI=1S/C11H14BrNO3/c1-7(14)5-13-6-9-3-2-8(11(15)16)4-10(9)12/h2-4,7,13-14H,5-6H2,1H3,(H,15,16)/t7-/m0/s1. The third-order valence-electron chi connectivity index (χ3n) is 2.06. The summed E-state index contributed by atoms with van der Waals surface area (Å²) in [6, 6.07) is 4.89. The summed E-state index contributed by atoms with van der Waals surface area (Å²) in [5, 5.41) is 20.9. The summed E-state index contributed by atoms with van der Waals surface area (Å²) in [6.45, 7) is 2.80. The first-order chi connectivity index (χ1) is 7.50. The van der Waals surface area contributed by atoms with Gasteiger partial charge in [-0.2, -0.15) is 0 Å². The van der Waals surface area contributed by atoms with Gasteiger partial charge in [0.05, 0.1) is 11.7 Å². The van der Waals surface area contributed by atoms with E-state index in [9.17, 15) is 4.79 Å². The van der Waals surface area contributed by atoms with Crippen molar-refractivity contribution in [1.29, 1.82) is 0 Å². The van der Waals surface area contributed by atoms with Gasteiger partial charge in [0.1, 0.15) is 0 Å². The largest absolute Gasteiger partial charge is 0.478 e. The van der Waals surface area contributed by atoms with Crippen molar-refractivity contribution in [2.45, 2.75) is 19.6 Å². The minimum Gasteiger partial charge on any atom is -0.478 e. The second-order valence-corrected chi connectivity index (χ2v) is 4.45. The molecule has 16 heavy (non-hydrogen) atoms. The fourth-order valence-corrected chi connectivity index (χ4v) is 1.76. The molecule has 0 aliphatic carbocycles. The van der Waals surface area contributed by atoms with Crippen molar-refractivity contribution < 1.29 is 15.0 Å². The fraction of sp³-hybridized carbons (Fsp3) is 0.364. The minimum atomic E-state index is -0.941. The molecule has 0 saturated carbocycles. The van der Waals surface area contributed by atoms with Gasteiger partial charge in [-0.05, 0) is 24.6 Å². The molecular formula is C11H14BrNO3. The third kappa shape index (κ3) is 3.92. The van der Waals surface area contributed by atoms with Crippen LogP contribution in [0.15, 0.2) is 22.7 Å². The zero-order valence-electron chi connectivity index (χ0n) is 8.90. The van der Waals surface area contributed by atoms with Crippen LogP contribution in [0.4, 0.5) is 0 Å². The van der Waals surface area contributed by atoms with E-state index in [-0.39, 0.29) is 5.56 Å². The molecule has 0 heterocycles. The first-order valence-electron chi connectivity index (χ1n) is 4.91. The number of aliphatic hydroxyl groups is 1. The van der Waals surface area contributed by atoms with Crippen LogP contribution in [0.2, 0.25) is 0 Å². The Bertz CT molecular complexity index is 379. The zero-order valence-corrected chi connectivity index (χ0v) is 10.5. The minimum absolute atomic E-state index is 0.256. The fourth-order valence-electron chi connectivity index (χ4n) is 1.24. The quantitative estimate of drug-likeness (QED) is 0.770. The van der Waals surface area contributed by atoms with E-state index in [1.165, 1.54) is 0 Å². The molecule has 0 amide bonds. The molecule has 88 valence electrons. The van der Waals surface area contributed by atoms with Crippen LogP contribution in [-0.4, -0.2) is 28.8 Å². The van der Waals surface area contributed by atoms with E-state index in [1.807, 2.05) is 0 Å². The van der Waals surface area contributed by atoms with Gasteiger partial charge in [0.15, 0.2) is 0 Å². The van der Waals surface area contributed by atoms with Gasteiger partial charge in [-0.15, -0.1) is 0 Å². The SMILES string of the molecule is C[C@H](O)CNCc1ccc(C(=O)O)cc1Br. The van der Waals surface area contributed by atoms with Gasteiger partial charge in [0, 0.05) is 17.6 Å². The van der Waals surface area contributed by atoms with Gasteiger partial charge in [-0.3, -0.25) is 0 Å². The van der Waals surface area contributed by atoms with E-state index < -0.39 is 12.1 Å². The molecule has 0 spiro atoms. The Morgan fingerprint density at radius 1 is 1.56 bits per heavy atom. The molecule has 1 aromatic carbocycles. The Balaban J connectivity index is 2.64. The van der Waals surface area contributed by atoms with E-state index in [1.54, 1.807) is 25.1 Å². The van der Waals surface area contributed by atoms with E-state index in [4.69, 9.17) is 10.2 Å². The predicted molar refractivity (Wildman–Crippen MR) is 64.5 cm³/mol. The topological polar surface area (TPSA) is 69.6 Å². The van der Waals surface area contributed by atoms with Crippen LogP contribution in [0, 0.1) is 0 Å². The molecule has 5 heteroatoms. The summed E-state index contributed by atoms with van der Waals surface area (Å²) in [7, 11) is 0. The summed E-state index contributed by atoms with van der Waals surface area (Å²) < 4.78 is 0.755. The molecular weight excluding hydrogens is 274 g/mol. The van der Waals surface area contributed by atoms with E-state index in [0.717, 1.165) is 10.0 Å². The Labute approximate surface area is 102 Å². The summed E-state index contributed by atoms with van der Waals surface area (Å²) in [4.78, 5) is 10.7. The molecule has 0 aliphatic heterocycles. The summed E-state index contributed by atoms with van der Waals surface area (Å²) in [5.74, 6) is -0.941. The summed E-state index contributed by atoms with van der Waals surface area (Å²) in [5.41, 5.74) is 1.22. The molecule has 0 unspecified atom stereocenters. The highest BCUT2D eigenvalue weighted by molar-refractivity contribution is 9.10. The van der Waals surface area contributed by atoms with Gasteiger partial charge >= 0.3 is 5.97 Å². The number of hydrogen-bond acceptors (Lipinski definition) is 3. The van der Waals surface area contributed by atoms with Crippen LogP contribution in [-0.2, 0) is 6.54 Å². The van der Waals surface area contributed by atoms with Crippen LogP contribution in [0.25, 0.3) is 0 Å². The number of benzene rings is 1.